The number of nitrogens with one attached hydrogen (secondary N) is 2. The van der Waals surface area contributed by atoms with E-state index in [4.69, 9.17) is 5.73 Å². The summed E-state index contributed by atoms with van der Waals surface area (Å²) in [5, 5.41) is 6.35. The van der Waals surface area contributed by atoms with Crippen LogP contribution in [0.15, 0.2) is 22.4 Å². The third-order valence-electron chi connectivity index (χ3n) is 4.06. The molecule has 0 amide bonds. The van der Waals surface area contributed by atoms with Gasteiger partial charge in [-0.25, -0.2) is 4.98 Å². The maximum atomic E-state index is 12.1. The minimum Gasteiger partial charge on any atom is -0.377 e. The van der Waals surface area contributed by atoms with Crippen LogP contribution in [0.1, 0.15) is 34.2 Å². The van der Waals surface area contributed by atoms with Gasteiger partial charge in [-0.15, -0.1) is 22.7 Å². The van der Waals surface area contributed by atoms with Crippen LogP contribution >= 0.6 is 22.7 Å². The van der Waals surface area contributed by atoms with Crippen molar-refractivity contribution in [1.82, 2.24) is 9.97 Å². The Balaban J connectivity index is 1.77. The number of nitrogens with two attached hydrogens (primary N) is 1. The van der Waals surface area contributed by atoms with Crippen molar-refractivity contribution in [2.24, 2.45) is 5.73 Å². The monoisotopic (exact) mass is 346 g/mol. The average Bonchev–Trinajstić information content (AvgIpc) is 3.09. The number of thiazole rings is 1. The number of aromatic nitrogens is 2. The van der Waals surface area contributed by atoms with E-state index in [1.807, 2.05) is 5.38 Å². The molecule has 3 aromatic heterocycles. The molecule has 4 N–H and O–H groups in total. The van der Waals surface area contributed by atoms with Gasteiger partial charge in [0.15, 0.2) is 0 Å². The zero-order chi connectivity index (χ0) is 15.8. The van der Waals surface area contributed by atoms with Crippen molar-refractivity contribution in [1.29, 1.82) is 0 Å². The molecule has 0 spiro atoms. The zero-order valence-electron chi connectivity index (χ0n) is 12.6. The van der Waals surface area contributed by atoms with Crippen LogP contribution in [0, 0.1) is 0 Å². The number of nitrogens with zero attached hydrogens (tertiary/aromatic N) is 1. The second-order valence-electron chi connectivity index (χ2n) is 5.78. The summed E-state index contributed by atoms with van der Waals surface area (Å²) in [5.74, 6) is 0.593. The Morgan fingerprint density at radius 2 is 2.30 bits per heavy atom. The maximum Gasteiger partial charge on any atom is 0.250 e. The molecule has 3 heterocycles. The molecule has 1 fully saturated rings. The molecule has 0 radical (unpaired) electrons. The number of H-pyrrole nitrogens is 1. The summed E-state index contributed by atoms with van der Waals surface area (Å²) < 4.78 is 1.13. The first-order valence-electron chi connectivity index (χ1n) is 7.77. The van der Waals surface area contributed by atoms with Crippen LogP contribution in [0.5, 0.6) is 0 Å². The number of hydrogen-bond donors (Lipinski definition) is 3. The molecular weight excluding hydrogens is 328 g/mol. The van der Waals surface area contributed by atoms with Crippen molar-refractivity contribution in [2.45, 2.75) is 31.7 Å². The van der Waals surface area contributed by atoms with E-state index in [1.165, 1.54) is 23.3 Å². The lowest BCUT2D eigenvalue weighted by molar-refractivity contribution is 0.962. The van der Waals surface area contributed by atoms with Crippen molar-refractivity contribution in [3.05, 3.63) is 43.4 Å². The standard InChI is InChI=1S/C16H18N4OS2/c17-4-3-11-14(9-1-2-9)15-16(23-11)10(7-12(21)20-15)19-8-13-18-5-6-22-13/h5-7,9H,1-4,8,17H2,(H2,19,20,21). The van der Waals surface area contributed by atoms with Gasteiger partial charge in [0.05, 0.1) is 22.4 Å². The fourth-order valence-corrected chi connectivity index (χ4v) is 4.83. The topological polar surface area (TPSA) is 83.8 Å². The minimum absolute atomic E-state index is 0.0573. The molecule has 1 aliphatic rings. The van der Waals surface area contributed by atoms with Gasteiger partial charge in [-0.05, 0) is 37.3 Å². The van der Waals surface area contributed by atoms with E-state index in [1.54, 1.807) is 34.9 Å². The summed E-state index contributed by atoms with van der Waals surface area (Å²) in [6, 6.07) is 1.65. The summed E-state index contributed by atoms with van der Waals surface area (Å²) in [5.41, 5.74) is 8.95. The van der Waals surface area contributed by atoms with Crippen LogP contribution in [0.4, 0.5) is 5.69 Å². The zero-order valence-corrected chi connectivity index (χ0v) is 14.2. The Bertz CT molecular complexity index is 878. The lowest BCUT2D eigenvalue weighted by Gasteiger charge is -2.06. The number of thiophene rings is 1. The van der Waals surface area contributed by atoms with E-state index in [9.17, 15) is 4.79 Å². The second kappa shape index (κ2) is 6.07. The molecule has 0 bridgehead atoms. The van der Waals surface area contributed by atoms with Gasteiger partial charge < -0.3 is 16.0 Å². The van der Waals surface area contributed by atoms with Crippen molar-refractivity contribution in [3.63, 3.8) is 0 Å². The molecule has 4 rings (SSSR count). The summed E-state index contributed by atoms with van der Waals surface area (Å²) >= 11 is 3.37. The van der Waals surface area contributed by atoms with Crippen molar-refractivity contribution in [2.75, 3.05) is 11.9 Å². The number of anilines is 1. The van der Waals surface area contributed by atoms with Crippen molar-refractivity contribution >= 4 is 38.6 Å². The predicted molar refractivity (Wildman–Crippen MR) is 96.6 cm³/mol. The van der Waals surface area contributed by atoms with Crippen molar-refractivity contribution < 1.29 is 0 Å². The van der Waals surface area contributed by atoms with Gasteiger partial charge in [0, 0.05) is 22.5 Å². The van der Waals surface area contributed by atoms with Gasteiger partial charge in [-0.1, -0.05) is 0 Å². The Labute approximate surface area is 141 Å². The molecule has 120 valence electrons. The molecular formula is C16H18N4OS2. The summed E-state index contributed by atoms with van der Waals surface area (Å²) in [6.45, 7) is 1.28. The molecule has 0 atom stereocenters. The Hall–Kier alpha value is -1.70. The highest BCUT2D eigenvalue weighted by Gasteiger charge is 2.30. The fourth-order valence-electron chi connectivity index (χ4n) is 2.92. The summed E-state index contributed by atoms with van der Waals surface area (Å²) in [4.78, 5) is 20.8. The van der Waals surface area contributed by atoms with Crippen LogP contribution < -0.4 is 16.6 Å². The summed E-state index contributed by atoms with van der Waals surface area (Å²) in [7, 11) is 0. The number of pyridine rings is 1. The quantitative estimate of drug-likeness (QED) is 0.640. The molecule has 0 saturated heterocycles. The van der Waals surface area contributed by atoms with E-state index < -0.39 is 0 Å². The first kappa shape index (κ1) is 14.9. The van der Waals surface area contributed by atoms with Crippen LogP contribution in [-0.4, -0.2) is 16.5 Å². The van der Waals surface area contributed by atoms with Crippen molar-refractivity contribution in [3.8, 4) is 0 Å². The highest BCUT2D eigenvalue weighted by Crippen LogP contribution is 2.48. The number of rotatable bonds is 6. The molecule has 1 saturated carbocycles. The number of aromatic amines is 1. The average molecular weight is 346 g/mol. The third kappa shape index (κ3) is 2.91. The first-order chi connectivity index (χ1) is 11.3. The normalized spacial score (nSPS) is 14.5. The lowest BCUT2D eigenvalue weighted by Crippen LogP contribution is -2.08. The Morgan fingerprint density at radius 3 is 3.00 bits per heavy atom. The first-order valence-corrected chi connectivity index (χ1v) is 9.46. The van der Waals surface area contributed by atoms with Crippen LogP contribution in [0.25, 0.3) is 10.2 Å². The molecule has 23 heavy (non-hydrogen) atoms. The molecule has 3 aromatic rings. The van der Waals surface area contributed by atoms with Gasteiger partial charge in [-0.3, -0.25) is 4.79 Å². The molecule has 7 heteroatoms. The van der Waals surface area contributed by atoms with E-state index >= 15 is 0 Å². The number of hydrogen-bond acceptors (Lipinski definition) is 6. The Morgan fingerprint density at radius 1 is 1.43 bits per heavy atom. The molecule has 0 aliphatic heterocycles. The largest absolute Gasteiger partial charge is 0.377 e. The van der Waals surface area contributed by atoms with Gasteiger partial charge in [0.1, 0.15) is 5.01 Å². The van der Waals surface area contributed by atoms with E-state index in [-0.39, 0.29) is 5.56 Å². The third-order valence-corrected chi connectivity index (χ3v) is 6.14. The van der Waals surface area contributed by atoms with Crippen LogP contribution in [0.3, 0.4) is 0 Å². The predicted octanol–water partition coefficient (Wildman–Crippen LogP) is 3.04. The highest BCUT2D eigenvalue weighted by atomic mass is 32.1. The maximum absolute atomic E-state index is 12.1. The number of fused-ring (bicyclic) bond motifs is 1. The molecule has 1 aliphatic carbocycles. The van der Waals surface area contributed by atoms with Crippen LogP contribution in [0.2, 0.25) is 0 Å². The van der Waals surface area contributed by atoms with E-state index in [0.29, 0.717) is 19.0 Å². The van der Waals surface area contributed by atoms with Gasteiger partial charge in [-0.2, -0.15) is 0 Å². The van der Waals surface area contributed by atoms with Gasteiger partial charge >= 0.3 is 0 Å². The van der Waals surface area contributed by atoms with Gasteiger partial charge in [0.25, 0.3) is 5.56 Å². The summed E-state index contributed by atoms with van der Waals surface area (Å²) in [6.07, 6.45) is 5.09. The molecule has 0 aromatic carbocycles. The molecule has 0 unspecified atom stereocenters. The van der Waals surface area contributed by atoms with Gasteiger partial charge in [0.2, 0.25) is 0 Å². The Kier molecular flexibility index (Phi) is 3.92. The van der Waals surface area contributed by atoms with E-state index in [2.05, 4.69) is 15.3 Å². The van der Waals surface area contributed by atoms with Crippen LogP contribution in [-0.2, 0) is 13.0 Å². The van der Waals surface area contributed by atoms with E-state index in [0.717, 1.165) is 27.3 Å². The lowest BCUT2D eigenvalue weighted by atomic mass is 10.1. The fraction of sp³-hybridized carbons (Fsp3) is 0.375. The molecule has 5 nitrogen and oxygen atoms in total. The SMILES string of the molecule is NCCc1sc2c(NCc3nccs3)cc(=O)[nH]c2c1C1CC1. The second-order valence-corrected chi connectivity index (χ2v) is 7.87. The minimum atomic E-state index is -0.0573. The highest BCUT2D eigenvalue weighted by molar-refractivity contribution is 7.19. The smallest absolute Gasteiger partial charge is 0.250 e.